The zero-order chi connectivity index (χ0) is 21.6. The van der Waals surface area contributed by atoms with E-state index in [1.165, 1.54) is 9.80 Å². The number of H-pyrrole nitrogens is 1. The molecule has 0 aliphatic heterocycles. The van der Waals surface area contributed by atoms with Crippen LogP contribution in [0.5, 0.6) is 0 Å². The molecule has 0 fully saturated rings. The van der Waals surface area contributed by atoms with Crippen LogP contribution < -0.4 is 4.90 Å². The summed E-state index contributed by atoms with van der Waals surface area (Å²) in [6, 6.07) is 10.4. The number of aromatic nitrogens is 4. The van der Waals surface area contributed by atoms with Gasteiger partial charge in [0.25, 0.3) is 0 Å². The molecule has 0 aliphatic carbocycles. The SMILES string of the molecule is CSc1cccc(-c2cc3c(nc(N(C)C(=O)OC(C)(C)C)c4ncn(C)c43)[nH]2)c1. The summed E-state index contributed by atoms with van der Waals surface area (Å²) in [5.74, 6) is 0.457. The first-order valence-corrected chi connectivity index (χ1v) is 10.9. The van der Waals surface area contributed by atoms with Gasteiger partial charge in [-0.2, -0.15) is 0 Å². The maximum atomic E-state index is 12.7. The molecule has 3 heterocycles. The second-order valence-corrected chi connectivity index (χ2v) is 9.08. The predicted octanol–water partition coefficient (Wildman–Crippen LogP) is 5.21. The number of aryl methyl sites for hydroxylation is 1. The number of ether oxygens (including phenoxy) is 1. The summed E-state index contributed by atoms with van der Waals surface area (Å²) in [6.45, 7) is 5.52. The Labute approximate surface area is 179 Å². The van der Waals surface area contributed by atoms with Gasteiger partial charge in [0.05, 0.1) is 11.8 Å². The molecule has 0 saturated heterocycles. The zero-order valence-electron chi connectivity index (χ0n) is 18.0. The molecular formula is C22H25N5O2S. The Kier molecular flexibility index (Phi) is 4.97. The van der Waals surface area contributed by atoms with E-state index in [-0.39, 0.29) is 0 Å². The molecule has 156 valence electrons. The molecular weight excluding hydrogens is 398 g/mol. The van der Waals surface area contributed by atoms with Gasteiger partial charge in [-0.3, -0.25) is 4.90 Å². The van der Waals surface area contributed by atoms with E-state index in [1.54, 1.807) is 25.1 Å². The average Bonchev–Trinajstić information content (AvgIpc) is 3.29. The van der Waals surface area contributed by atoms with Gasteiger partial charge >= 0.3 is 6.09 Å². The third-order valence-corrected chi connectivity index (χ3v) is 5.51. The lowest BCUT2D eigenvalue weighted by molar-refractivity contribution is 0.0589. The Morgan fingerprint density at radius 1 is 1.27 bits per heavy atom. The molecule has 30 heavy (non-hydrogen) atoms. The van der Waals surface area contributed by atoms with Gasteiger partial charge in [-0.05, 0) is 50.8 Å². The van der Waals surface area contributed by atoms with Crippen LogP contribution in [-0.4, -0.2) is 44.5 Å². The van der Waals surface area contributed by atoms with Crippen molar-refractivity contribution >= 4 is 45.7 Å². The lowest BCUT2D eigenvalue weighted by Gasteiger charge is -2.24. The summed E-state index contributed by atoms with van der Waals surface area (Å²) >= 11 is 1.70. The van der Waals surface area contributed by atoms with Crippen molar-refractivity contribution in [3.05, 3.63) is 36.7 Å². The fourth-order valence-electron chi connectivity index (χ4n) is 3.38. The summed E-state index contributed by atoms with van der Waals surface area (Å²) in [4.78, 5) is 27.9. The highest BCUT2D eigenvalue weighted by Crippen LogP contribution is 2.34. The number of hydrogen-bond acceptors (Lipinski definition) is 5. The van der Waals surface area contributed by atoms with Crippen molar-refractivity contribution < 1.29 is 9.53 Å². The van der Waals surface area contributed by atoms with Crippen LogP contribution in [0.25, 0.3) is 33.3 Å². The number of thioether (sulfide) groups is 1. The normalized spacial score (nSPS) is 11.9. The van der Waals surface area contributed by atoms with Crippen LogP contribution in [0.2, 0.25) is 0 Å². The molecule has 7 nitrogen and oxygen atoms in total. The number of carbonyl (C=O) groups is 1. The number of rotatable bonds is 3. The van der Waals surface area contributed by atoms with Crippen molar-refractivity contribution in [3.63, 3.8) is 0 Å². The van der Waals surface area contributed by atoms with Gasteiger partial charge in [-0.15, -0.1) is 11.8 Å². The molecule has 3 aromatic heterocycles. The second kappa shape index (κ2) is 7.36. The number of hydrogen-bond donors (Lipinski definition) is 1. The number of nitrogens with zero attached hydrogens (tertiary/aromatic N) is 4. The highest BCUT2D eigenvalue weighted by atomic mass is 32.2. The molecule has 4 rings (SSSR count). The number of nitrogens with one attached hydrogen (secondary N) is 1. The quantitative estimate of drug-likeness (QED) is 0.458. The Morgan fingerprint density at radius 2 is 2.03 bits per heavy atom. The second-order valence-electron chi connectivity index (χ2n) is 8.20. The van der Waals surface area contributed by atoms with E-state index < -0.39 is 11.7 Å². The number of carbonyl (C=O) groups excluding carboxylic acids is 1. The van der Waals surface area contributed by atoms with Gasteiger partial charge in [0.2, 0.25) is 0 Å². The molecule has 4 aromatic rings. The van der Waals surface area contributed by atoms with Crippen molar-refractivity contribution in [3.8, 4) is 11.3 Å². The number of pyridine rings is 1. The largest absolute Gasteiger partial charge is 0.443 e. The van der Waals surface area contributed by atoms with E-state index in [9.17, 15) is 4.79 Å². The van der Waals surface area contributed by atoms with Crippen LogP contribution >= 0.6 is 11.8 Å². The molecule has 0 bridgehead atoms. The molecule has 0 aliphatic rings. The number of anilines is 1. The van der Waals surface area contributed by atoms with Gasteiger partial charge < -0.3 is 14.3 Å². The number of benzene rings is 1. The van der Waals surface area contributed by atoms with Gasteiger partial charge in [-0.1, -0.05) is 12.1 Å². The first-order valence-electron chi connectivity index (χ1n) is 9.63. The van der Waals surface area contributed by atoms with Crippen LogP contribution in [0.15, 0.2) is 41.6 Å². The molecule has 1 N–H and O–H groups in total. The topological polar surface area (TPSA) is 76.0 Å². The monoisotopic (exact) mass is 423 g/mol. The van der Waals surface area contributed by atoms with Crippen molar-refractivity contribution in [1.29, 1.82) is 0 Å². The minimum atomic E-state index is -0.597. The van der Waals surface area contributed by atoms with E-state index >= 15 is 0 Å². The van der Waals surface area contributed by atoms with Gasteiger partial charge in [0, 0.05) is 30.1 Å². The summed E-state index contributed by atoms with van der Waals surface area (Å²) in [6.07, 6.45) is 3.32. The minimum Gasteiger partial charge on any atom is -0.443 e. The Bertz CT molecular complexity index is 1250. The number of imidazole rings is 1. The summed E-state index contributed by atoms with van der Waals surface area (Å²) in [5.41, 5.74) is 3.71. The van der Waals surface area contributed by atoms with Gasteiger partial charge in [0.15, 0.2) is 5.82 Å². The third-order valence-electron chi connectivity index (χ3n) is 4.78. The molecule has 1 aromatic carbocycles. The molecule has 0 unspecified atom stereocenters. The van der Waals surface area contributed by atoms with Crippen molar-refractivity contribution in [1.82, 2.24) is 19.5 Å². The zero-order valence-corrected chi connectivity index (χ0v) is 18.8. The van der Waals surface area contributed by atoms with Crippen LogP contribution in [-0.2, 0) is 11.8 Å². The predicted molar refractivity (Wildman–Crippen MR) is 122 cm³/mol. The Balaban J connectivity index is 1.87. The number of aromatic amines is 1. The fraction of sp³-hybridized carbons (Fsp3) is 0.318. The molecule has 0 radical (unpaired) electrons. The fourth-order valence-corrected chi connectivity index (χ4v) is 3.84. The Morgan fingerprint density at radius 3 is 2.73 bits per heavy atom. The number of fused-ring (bicyclic) bond motifs is 3. The first kappa shape index (κ1) is 20.3. The van der Waals surface area contributed by atoms with Crippen molar-refractivity contribution in [2.45, 2.75) is 31.3 Å². The summed E-state index contributed by atoms with van der Waals surface area (Å²) in [7, 11) is 3.59. The van der Waals surface area contributed by atoms with Crippen LogP contribution in [0.3, 0.4) is 0 Å². The maximum Gasteiger partial charge on any atom is 0.415 e. The van der Waals surface area contributed by atoms with Gasteiger partial charge in [0.1, 0.15) is 16.8 Å². The lowest BCUT2D eigenvalue weighted by atomic mass is 10.1. The third kappa shape index (κ3) is 3.63. The molecule has 0 saturated carbocycles. The standard InChI is InChI=1S/C22H25N5O2S/c1-22(2,3)29-21(28)27(5)20-17-18(26(4)12-23-17)15-11-16(24-19(15)25-20)13-8-7-9-14(10-13)30-6/h7-12H,1-6H3,(H,24,25). The number of amides is 1. The van der Waals surface area contributed by atoms with E-state index in [0.717, 1.165) is 22.2 Å². The molecule has 0 atom stereocenters. The average molecular weight is 424 g/mol. The lowest BCUT2D eigenvalue weighted by Crippen LogP contribution is -2.34. The highest BCUT2D eigenvalue weighted by molar-refractivity contribution is 7.98. The molecule has 1 amide bonds. The van der Waals surface area contributed by atoms with E-state index in [2.05, 4.69) is 40.5 Å². The minimum absolute atomic E-state index is 0.457. The Hall–Kier alpha value is -3.00. The van der Waals surface area contributed by atoms with E-state index in [1.807, 2.05) is 38.5 Å². The van der Waals surface area contributed by atoms with Gasteiger partial charge in [-0.25, -0.2) is 14.8 Å². The van der Waals surface area contributed by atoms with E-state index in [4.69, 9.17) is 9.72 Å². The van der Waals surface area contributed by atoms with Crippen LogP contribution in [0.1, 0.15) is 20.8 Å². The van der Waals surface area contributed by atoms with Crippen LogP contribution in [0, 0.1) is 0 Å². The van der Waals surface area contributed by atoms with Crippen LogP contribution in [0.4, 0.5) is 10.6 Å². The smallest absolute Gasteiger partial charge is 0.415 e. The van der Waals surface area contributed by atoms with Crippen molar-refractivity contribution in [2.24, 2.45) is 7.05 Å². The van der Waals surface area contributed by atoms with E-state index in [0.29, 0.717) is 17.0 Å². The highest BCUT2D eigenvalue weighted by Gasteiger charge is 2.25. The van der Waals surface area contributed by atoms with Crippen molar-refractivity contribution in [2.75, 3.05) is 18.2 Å². The summed E-state index contributed by atoms with van der Waals surface area (Å²) < 4.78 is 7.47. The molecule has 0 spiro atoms. The molecule has 8 heteroatoms. The summed E-state index contributed by atoms with van der Waals surface area (Å²) in [5, 5.41) is 0.955. The first-order chi connectivity index (χ1) is 14.2. The maximum absolute atomic E-state index is 12.7.